The molecule has 1 aliphatic rings. The first-order valence-electron chi connectivity index (χ1n) is 9.81. The van der Waals surface area contributed by atoms with E-state index < -0.39 is 51.8 Å². The van der Waals surface area contributed by atoms with Crippen molar-refractivity contribution in [1.29, 1.82) is 0 Å². The number of aliphatic imine (C=N–C) groups is 1. The Labute approximate surface area is 198 Å². The van der Waals surface area contributed by atoms with Gasteiger partial charge in [0.2, 0.25) is 17.7 Å². The minimum atomic E-state index is -1.12. The molecule has 0 aliphatic carbocycles. The van der Waals surface area contributed by atoms with Crippen LogP contribution < -0.4 is 10.2 Å². The van der Waals surface area contributed by atoms with Crippen LogP contribution in [0.4, 0.5) is 8.78 Å². The van der Waals surface area contributed by atoms with Gasteiger partial charge < -0.3 is 25.5 Å². The molecule has 1 aromatic carbocycles. The van der Waals surface area contributed by atoms with Crippen LogP contribution in [0.3, 0.4) is 0 Å². The number of amides is 1. The topological polar surface area (TPSA) is 146 Å². The van der Waals surface area contributed by atoms with Crippen molar-refractivity contribution in [2.45, 2.75) is 31.1 Å². The fourth-order valence-corrected chi connectivity index (χ4v) is 5.37. The van der Waals surface area contributed by atoms with Crippen molar-refractivity contribution >= 4 is 50.2 Å². The molecule has 0 bridgehead atoms. The molecule has 1 amide bonds. The van der Waals surface area contributed by atoms with E-state index in [1.165, 1.54) is 11.8 Å². The van der Waals surface area contributed by atoms with Gasteiger partial charge in [-0.3, -0.25) is 9.79 Å². The molecule has 0 spiro atoms. The smallest absolute Gasteiger partial charge is 0.334 e. The largest absolute Gasteiger partial charge is 0.503 e. The van der Waals surface area contributed by atoms with Gasteiger partial charge >= 0.3 is 5.97 Å². The Balaban J connectivity index is 1.43. The molecule has 10 nitrogen and oxygen atoms in total. The number of fused-ring (bicyclic) bond motifs is 1. The van der Waals surface area contributed by atoms with Gasteiger partial charge in [0, 0.05) is 29.5 Å². The summed E-state index contributed by atoms with van der Waals surface area (Å²) in [5.41, 5.74) is 0.0279. The van der Waals surface area contributed by atoms with Crippen LogP contribution in [0.5, 0.6) is 17.5 Å². The molecule has 0 radical (unpaired) electrons. The summed E-state index contributed by atoms with van der Waals surface area (Å²) in [4.78, 5) is 38.1. The number of rotatable bonds is 6. The Morgan fingerprint density at radius 3 is 2.59 bits per heavy atom. The zero-order chi connectivity index (χ0) is 24.8. The molecule has 3 heterocycles. The van der Waals surface area contributed by atoms with Crippen molar-refractivity contribution in [1.82, 2.24) is 15.0 Å². The number of phenols is 1. The van der Waals surface area contributed by atoms with Gasteiger partial charge in [-0.15, -0.1) is 16.1 Å². The number of nitrogens with one attached hydrogen (secondary N) is 1. The molecule has 1 atom stereocenters. The number of aromatic nitrogens is 2. The second kappa shape index (κ2) is 8.76. The molecule has 0 saturated carbocycles. The highest BCUT2D eigenvalue weighted by Gasteiger charge is 2.43. The van der Waals surface area contributed by atoms with E-state index in [0.29, 0.717) is 9.77 Å². The van der Waals surface area contributed by atoms with Gasteiger partial charge in [-0.2, -0.15) is 0 Å². The van der Waals surface area contributed by atoms with Crippen molar-refractivity contribution in [2.75, 3.05) is 6.54 Å². The molecule has 4 rings (SSSR count). The van der Waals surface area contributed by atoms with E-state index in [1.54, 1.807) is 13.8 Å². The number of hydrogen-bond acceptors (Lipinski definition) is 10. The summed E-state index contributed by atoms with van der Waals surface area (Å²) >= 11 is 2.12. The highest BCUT2D eigenvalue weighted by molar-refractivity contribution is 8.16. The van der Waals surface area contributed by atoms with Gasteiger partial charge in [-0.25, -0.2) is 18.6 Å². The van der Waals surface area contributed by atoms with E-state index in [1.807, 2.05) is 0 Å². The maximum Gasteiger partial charge on any atom is 0.334 e. The average molecular weight is 513 g/mol. The summed E-state index contributed by atoms with van der Waals surface area (Å²) in [6.45, 7) is 3.47. The Hall–Kier alpha value is -3.39. The fraction of sp³-hybridized carbons (Fsp3) is 0.300. The first-order valence-corrected chi connectivity index (χ1v) is 11.4. The van der Waals surface area contributed by atoms with E-state index >= 15 is 0 Å². The van der Waals surface area contributed by atoms with E-state index in [0.717, 1.165) is 29.5 Å². The van der Waals surface area contributed by atoms with Gasteiger partial charge in [0.15, 0.2) is 17.4 Å². The van der Waals surface area contributed by atoms with Gasteiger partial charge in [-0.05, 0) is 13.8 Å². The Kier molecular flexibility index (Phi) is 6.12. The van der Waals surface area contributed by atoms with E-state index in [4.69, 9.17) is 4.84 Å². The van der Waals surface area contributed by atoms with Gasteiger partial charge in [0.25, 0.3) is 0 Å². The molecule has 1 aliphatic heterocycles. The third kappa shape index (κ3) is 4.37. The van der Waals surface area contributed by atoms with Crippen LogP contribution in [0, 0.1) is 11.6 Å². The molecule has 0 saturated heterocycles. The van der Waals surface area contributed by atoms with E-state index in [9.17, 15) is 33.7 Å². The predicted molar refractivity (Wildman–Crippen MR) is 120 cm³/mol. The van der Waals surface area contributed by atoms with Crippen molar-refractivity contribution in [2.24, 2.45) is 4.99 Å². The SMILES string of the molecule is CC1(C)SC(c2nc3cc(F)c(O)c(F)c3s2)=NC1C(=O)NCCC(=O)On1c(O)ccc1O. The molecular formula is C20H18F2N4O6S2. The minimum absolute atomic E-state index is 0.0267. The predicted octanol–water partition coefficient (Wildman–Crippen LogP) is 2.30. The first-order chi connectivity index (χ1) is 16.0. The van der Waals surface area contributed by atoms with Crippen LogP contribution in [-0.2, 0) is 9.59 Å². The van der Waals surface area contributed by atoms with Crippen LogP contribution in [0.2, 0.25) is 0 Å². The lowest BCUT2D eigenvalue weighted by Crippen LogP contribution is -2.43. The molecule has 180 valence electrons. The number of benzene rings is 1. The highest BCUT2D eigenvalue weighted by atomic mass is 32.2. The normalized spacial score (nSPS) is 17.1. The lowest BCUT2D eigenvalue weighted by atomic mass is 10.0. The van der Waals surface area contributed by atoms with Crippen molar-refractivity contribution in [3.8, 4) is 17.5 Å². The van der Waals surface area contributed by atoms with Crippen molar-refractivity contribution < 1.29 is 38.5 Å². The summed E-state index contributed by atoms with van der Waals surface area (Å²) in [5.74, 6) is -5.52. The third-order valence-corrected chi connectivity index (χ3v) is 7.31. The molecule has 0 fully saturated rings. The summed E-state index contributed by atoms with van der Waals surface area (Å²) in [7, 11) is 0. The molecule has 2 aromatic heterocycles. The number of hydrogen-bond donors (Lipinski definition) is 4. The molecule has 4 N–H and O–H groups in total. The molecule has 3 aromatic rings. The fourth-order valence-electron chi connectivity index (χ4n) is 3.18. The number of carbonyl (C=O) groups excluding carboxylic acids is 2. The summed E-state index contributed by atoms with van der Waals surface area (Å²) in [6.07, 6.45) is -0.244. The third-order valence-electron chi connectivity index (χ3n) is 4.87. The van der Waals surface area contributed by atoms with Crippen LogP contribution >= 0.6 is 23.1 Å². The number of thiazole rings is 1. The van der Waals surface area contributed by atoms with Crippen molar-refractivity contribution in [3.63, 3.8) is 0 Å². The van der Waals surface area contributed by atoms with E-state index in [2.05, 4.69) is 15.3 Å². The minimum Gasteiger partial charge on any atom is -0.503 e. The van der Waals surface area contributed by atoms with Crippen molar-refractivity contribution in [3.05, 3.63) is 34.8 Å². The number of aromatic hydroxyl groups is 3. The maximum absolute atomic E-state index is 14.2. The number of halogens is 2. The van der Waals surface area contributed by atoms with Crippen LogP contribution in [0.25, 0.3) is 10.2 Å². The Bertz CT molecular complexity index is 1320. The zero-order valence-corrected chi connectivity index (χ0v) is 19.3. The maximum atomic E-state index is 14.2. The second-order valence-corrected chi connectivity index (χ2v) is 10.4. The molecule has 14 heteroatoms. The quantitative estimate of drug-likeness (QED) is 0.394. The van der Waals surface area contributed by atoms with E-state index in [-0.39, 0.29) is 28.2 Å². The Morgan fingerprint density at radius 1 is 1.24 bits per heavy atom. The molecular weight excluding hydrogens is 494 g/mol. The van der Waals surface area contributed by atoms with Gasteiger partial charge in [0.05, 0.1) is 16.6 Å². The summed E-state index contributed by atoms with van der Waals surface area (Å²) in [6, 6.07) is 2.34. The standard InChI is InChI=1S/C20H18F2N4O6S2/c1-20(2)16(17(31)23-6-5-12(29)32-26-10(27)3-4-11(26)28)25-19(34-20)18-24-9-7-8(21)14(30)13(22)15(9)33-18/h3-4,7,16,27-28,30H,5-6H2,1-2H3,(H,23,31). The van der Waals surface area contributed by atoms with Crippen LogP contribution in [-0.4, -0.2) is 59.3 Å². The first kappa shape index (κ1) is 23.8. The number of nitrogens with zero attached hydrogens (tertiary/aromatic N) is 3. The van der Waals surface area contributed by atoms with Crippen LogP contribution in [0.15, 0.2) is 23.2 Å². The zero-order valence-electron chi connectivity index (χ0n) is 17.7. The number of phenolic OH excluding ortho intramolecular Hbond substituents is 1. The second-order valence-electron chi connectivity index (χ2n) is 7.78. The lowest BCUT2D eigenvalue weighted by Gasteiger charge is -2.23. The monoisotopic (exact) mass is 512 g/mol. The van der Waals surface area contributed by atoms with Gasteiger partial charge in [-0.1, -0.05) is 11.8 Å². The summed E-state index contributed by atoms with van der Waals surface area (Å²) < 4.78 is 27.6. The average Bonchev–Trinajstić information content (AvgIpc) is 3.43. The lowest BCUT2D eigenvalue weighted by molar-refractivity contribution is -0.145. The molecule has 34 heavy (non-hydrogen) atoms. The van der Waals surface area contributed by atoms with Crippen LogP contribution in [0.1, 0.15) is 25.3 Å². The number of thioether (sulfide) groups is 1. The highest BCUT2D eigenvalue weighted by Crippen LogP contribution is 2.42. The number of carbonyl (C=O) groups is 2. The van der Waals surface area contributed by atoms with Gasteiger partial charge in [0.1, 0.15) is 16.1 Å². The Morgan fingerprint density at radius 2 is 1.91 bits per heavy atom. The molecule has 1 unspecified atom stereocenters. The summed E-state index contributed by atoms with van der Waals surface area (Å²) in [5, 5.41) is 31.7.